The summed E-state index contributed by atoms with van der Waals surface area (Å²) < 4.78 is 6.57. The zero-order valence-electron chi connectivity index (χ0n) is 14.7. The fourth-order valence-corrected chi connectivity index (χ4v) is 9.55. The summed E-state index contributed by atoms with van der Waals surface area (Å²) in [6.07, 6.45) is 8.02. The molecule has 0 saturated heterocycles. The molecular formula is C17H37BrOSi. The number of hydrogen-bond acceptors (Lipinski definition) is 1. The van der Waals surface area contributed by atoms with Crippen LogP contribution in [-0.2, 0) is 4.43 Å². The molecule has 20 heavy (non-hydrogen) atoms. The number of halogens is 1. The first-order valence-electron chi connectivity index (χ1n) is 8.59. The minimum Gasteiger partial charge on any atom is -0.416 e. The Labute approximate surface area is 137 Å². The van der Waals surface area contributed by atoms with Crippen molar-refractivity contribution >= 4 is 24.2 Å². The van der Waals surface area contributed by atoms with Gasteiger partial charge in [-0.15, -0.1) is 0 Å². The second-order valence-corrected chi connectivity index (χ2v) is 13.2. The lowest BCUT2D eigenvalue weighted by molar-refractivity contribution is 0.267. The molecule has 0 aliphatic rings. The van der Waals surface area contributed by atoms with Gasteiger partial charge in [0.25, 0.3) is 0 Å². The van der Waals surface area contributed by atoms with Crippen LogP contribution in [0.15, 0.2) is 0 Å². The van der Waals surface area contributed by atoms with Gasteiger partial charge in [-0.2, -0.15) is 0 Å². The van der Waals surface area contributed by atoms with Crippen LogP contribution in [0.25, 0.3) is 0 Å². The average molecular weight is 365 g/mol. The molecule has 0 bridgehead atoms. The zero-order valence-corrected chi connectivity index (χ0v) is 17.3. The Bertz CT molecular complexity index is 207. The van der Waals surface area contributed by atoms with Crippen LogP contribution >= 0.6 is 15.9 Å². The van der Waals surface area contributed by atoms with E-state index >= 15 is 0 Å². The van der Waals surface area contributed by atoms with Gasteiger partial charge in [0.1, 0.15) is 0 Å². The Morgan fingerprint density at radius 3 is 1.50 bits per heavy atom. The average Bonchev–Trinajstić information content (AvgIpc) is 2.35. The van der Waals surface area contributed by atoms with E-state index in [1.807, 2.05) is 0 Å². The smallest absolute Gasteiger partial charge is 0.200 e. The van der Waals surface area contributed by atoms with Crippen LogP contribution in [-0.4, -0.2) is 20.3 Å². The quantitative estimate of drug-likeness (QED) is 0.207. The molecule has 3 heteroatoms. The summed E-state index contributed by atoms with van der Waals surface area (Å²) in [5.74, 6) is 0. The number of hydrogen-bond donors (Lipinski definition) is 0. The second kappa shape index (κ2) is 11.3. The molecule has 0 aromatic rings. The summed E-state index contributed by atoms with van der Waals surface area (Å²) in [7, 11) is -1.61. The van der Waals surface area contributed by atoms with E-state index in [2.05, 4.69) is 57.5 Å². The molecule has 122 valence electrons. The molecular weight excluding hydrogens is 328 g/mol. The summed E-state index contributed by atoms with van der Waals surface area (Å²) in [4.78, 5) is 0. The maximum Gasteiger partial charge on any atom is 0.200 e. The lowest BCUT2D eigenvalue weighted by atomic mass is 10.1. The Hall–Kier alpha value is 0.657. The predicted octanol–water partition coefficient (Wildman–Crippen LogP) is 6.91. The van der Waals surface area contributed by atoms with Crippen molar-refractivity contribution < 1.29 is 4.43 Å². The number of alkyl halides is 1. The van der Waals surface area contributed by atoms with Gasteiger partial charge < -0.3 is 4.43 Å². The van der Waals surface area contributed by atoms with Gasteiger partial charge in [-0.25, -0.2) is 0 Å². The minimum atomic E-state index is -1.61. The van der Waals surface area contributed by atoms with E-state index in [-0.39, 0.29) is 0 Å². The highest BCUT2D eigenvalue weighted by Gasteiger charge is 2.44. The molecule has 0 heterocycles. The van der Waals surface area contributed by atoms with Crippen molar-refractivity contribution in [2.45, 2.75) is 96.7 Å². The molecule has 0 radical (unpaired) electrons. The first-order valence-corrected chi connectivity index (χ1v) is 11.9. The van der Waals surface area contributed by atoms with Gasteiger partial charge >= 0.3 is 0 Å². The monoisotopic (exact) mass is 364 g/mol. The second-order valence-electron chi connectivity index (χ2n) is 6.98. The topological polar surface area (TPSA) is 9.23 Å². The third-order valence-electron chi connectivity index (χ3n) is 4.59. The molecule has 0 aliphatic carbocycles. The molecule has 0 atom stereocenters. The fraction of sp³-hybridized carbons (Fsp3) is 1.00. The summed E-state index contributed by atoms with van der Waals surface area (Å²) >= 11 is 3.49. The first kappa shape index (κ1) is 20.7. The molecule has 1 nitrogen and oxygen atoms in total. The molecule has 0 amide bonds. The molecule has 0 spiro atoms. The van der Waals surface area contributed by atoms with E-state index in [0.717, 1.165) is 11.9 Å². The van der Waals surface area contributed by atoms with Crippen LogP contribution in [0.2, 0.25) is 16.6 Å². The SMILES string of the molecule is CC(C)[Si](OCCCCCCCCBr)(C(C)C)C(C)C. The lowest BCUT2D eigenvalue weighted by Gasteiger charge is -2.42. The maximum atomic E-state index is 6.57. The molecule has 0 unspecified atom stereocenters. The van der Waals surface area contributed by atoms with Crippen LogP contribution in [0.5, 0.6) is 0 Å². The van der Waals surface area contributed by atoms with Crippen LogP contribution in [0.3, 0.4) is 0 Å². The van der Waals surface area contributed by atoms with Crippen LogP contribution in [0, 0.1) is 0 Å². The minimum absolute atomic E-state index is 0.710. The highest BCUT2D eigenvalue weighted by Crippen LogP contribution is 2.42. The summed E-state index contributed by atoms with van der Waals surface area (Å²) in [6.45, 7) is 15.2. The van der Waals surface area contributed by atoms with Gasteiger partial charge in [0, 0.05) is 11.9 Å². The number of rotatable bonds is 12. The van der Waals surface area contributed by atoms with Crippen LogP contribution in [0.1, 0.15) is 80.1 Å². The molecule has 0 N–H and O–H groups in total. The van der Waals surface area contributed by atoms with Crippen molar-refractivity contribution in [3.8, 4) is 0 Å². The van der Waals surface area contributed by atoms with Gasteiger partial charge in [-0.3, -0.25) is 0 Å². The first-order chi connectivity index (χ1) is 9.39. The highest BCUT2D eigenvalue weighted by molar-refractivity contribution is 9.09. The van der Waals surface area contributed by atoms with Crippen LogP contribution in [0.4, 0.5) is 0 Å². The van der Waals surface area contributed by atoms with Gasteiger partial charge in [-0.1, -0.05) is 83.2 Å². The summed E-state index contributed by atoms with van der Waals surface area (Å²) in [5.41, 5.74) is 2.13. The van der Waals surface area contributed by atoms with E-state index in [1.165, 1.54) is 38.5 Å². The lowest BCUT2D eigenvalue weighted by Crippen LogP contribution is -2.47. The van der Waals surface area contributed by atoms with Gasteiger partial charge in [0.2, 0.25) is 0 Å². The Morgan fingerprint density at radius 1 is 0.700 bits per heavy atom. The van der Waals surface area contributed by atoms with Crippen molar-refractivity contribution in [3.63, 3.8) is 0 Å². The van der Waals surface area contributed by atoms with Crippen molar-refractivity contribution in [2.24, 2.45) is 0 Å². The normalized spacial score (nSPS) is 12.9. The fourth-order valence-electron chi connectivity index (χ4n) is 3.65. The van der Waals surface area contributed by atoms with Crippen molar-refractivity contribution in [1.82, 2.24) is 0 Å². The molecule has 0 aromatic heterocycles. The highest BCUT2D eigenvalue weighted by atomic mass is 79.9. The van der Waals surface area contributed by atoms with Crippen LogP contribution < -0.4 is 0 Å². The molecule has 0 rings (SSSR count). The van der Waals surface area contributed by atoms with E-state index in [9.17, 15) is 0 Å². The zero-order chi connectivity index (χ0) is 15.6. The third-order valence-corrected chi connectivity index (χ3v) is 11.3. The third kappa shape index (κ3) is 6.61. The van der Waals surface area contributed by atoms with Crippen molar-refractivity contribution in [1.29, 1.82) is 0 Å². The predicted molar refractivity (Wildman–Crippen MR) is 98.5 cm³/mol. The molecule has 0 aliphatic heterocycles. The summed E-state index contributed by atoms with van der Waals surface area (Å²) in [5, 5.41) is 1.15. The van der Waals surface area contributed by atoms with E-state index < -0.39 is 8.32 Å². The van der Waals surface area contributed by atoms with Crippen molar-refractivity contribution in [3.05, 3.63) is 0 Å². The Morgan fingerprint density at radius 2 is 1.10 bits per heavy atom. The van der Waals surface area contributed by atoms with E-state index in [0.29, 0.717) is 16.6 Å². The number of unbranched alkanes of at least 4 members (excludes halogenated alkanes) is 5. The van der Waals surface area contributed by atoms with Gasteiger partial charge in [0.15, 0.2) is 8.32 Å². The van der Waals surface area contributed by atoms with Crippen molar-refractivity contribution in [2.75, 3.05) is 11.9 Å². The van der Waals surface area contributed by atoms with E-state index in [4.69, 9.17) is 4.43 Å². The summed E-state index contributed by atoms with van der Waals surface area (Å²) in [6, 6.07) is 0. The molecule has 0 saturated carbocycles. The maximum absolute atomic E-state index is 6.57. The van der Waals surface area contributed by atoms with E-state index in [1.54, 1.807) is 0 Å². The van der Waals surface area contributed by atoms with Gasteiger partial charge in [-0.05, 0) is 29.5 Å². The Balaban J connectivity index is 4.04. The molecule has 0 fully saturated rings. The van der Waals surface area contributed by atoms with Gasteiger partial charge in [0.05, 0.1) is 0 Å². The largest absolute Gasteiger partial charge is 0.416 e. The standard InChI is InChI=1S/C17H37BrOSi/c1-15(2)20(16(3)4,17(5)6)19-14-12-10-8-7-9-11-13-18/h15-17H,7-14H2,1-6H3. The molecule has 0 aromatic carbocycles. The Kier molecular flexibility index (Phi) is 11.6.